The summed E-state index contributed by atoms with van der Waals surface area (Å²) in [7, 11) is -4.37. The van der Waals surface area contributed by atoms with Gasteiger partial charge < -0.3 is 9.47 Å². The molecule has 174 valence electrons. The topological polar surface area (TPSA) is 72.9 Å². The molecule has 1 aliphatic rings. The molecule has 0 N–H and O–H groups in total. The lowest BCUT2D eigenvalue weighted by Crippen LogP contribution is -2.41. The Kier molecular flexibility index (Phi) is 7.40. The van der Waals surface area contributed by atoms with Crippen molar-refractivity contribution < 1.29 is 40.2 Å². The fourth-order valence-corrected chi connectivity index (χ4v) is 5.03. The van der Waals surface area contributed by atoms with E-state index in [9.17, 15) is 30.8 Å². The number of benzene rings is 2. The number of esters is 1. The van der Waals surface area contributed by atoms with Crippen LogP contribution in [0, 0.1) is 11.7 Å². The molecule has 0 unspecified atom stereocenters. The van der Waals surface area contributed by atoms with E-state index in [-0.39, 0.29) is 39.1 Å². The van der Waals surface area contributed by atoms with Gasteiger partial charge in [0.05, 0.1) is 16.4 Å². The predicted octanol–water partition coefficient (Wildman–Crippen LogP) is 3.87. The zero-order chi connectivity index (χ0) is 23.4. The van der Waals surface area contributed by atoms with E-state index in [4.69, 9.17) is 9.47 Å². The summed E-state index contributed by atoms with van der Waals surface area (Å²) in [4.78, 5) is 11.4. The van der Waals surface area contributed by atoms with Crippen LogP contribution < -0.4 is 4.74 Å². The summed E-state index contributed by atoms with van der Waals surface area (Å²) in [6, 6.07) is 9.36. The van der Waals surface area contributed by atoms with Crippen molar-refractivity contribution in [3.63, 3.8) is 0 Å². The van der Waals surface area contributed by atoms with E-state index < -0.39 is 44.4 Å². The van der Waals surface area contributed by atoms with Crippen LogP contribution in [0.5, 0.6) is 5.75 Å². The van der Waals surface area contributed by atoms with Crippen LogP contribution in [-0.2, 0) is 25.7 Å². The molecule has 0 radical (unpaired) electrons. The minimum absolute atomic E-state index is 0.0479. The largest absolute Gasteiger partial charge is 0.490 e. The van der Waals surface area contributed by atoms with E-state index in [1.807, 2.05) is 0 Å². The quantitative estimate of drug-likeness (QED) is 0.345. The standard InChI is InChI=1S/C21H21F4NO5S/c22-16-5-7-17(8-6-16)30-13-14-31-20(27)15-9-11-26(12-10-15)32(28,29)19-4-2-1-3-18(19)21(23,24)25/h1-8,15H,9-14H2. The lowest BCUT2D eigenvalue weighted by Gasteiger charge is -2.30. The highest BCUT2D eigenvalue weighted by molar-refractivity contribution is 7.89. The smallest absolute Gasteiger partial charge is 0.417 e. The molecular weight excluding hydrogens is 454 g/mol. The molecule has 0 aromatic heterocycles. The third kappa shape index (κ3) is 5.77. The normalized spacial score (nSPS) is 16.0. The van der Waals surface area contributed by atoms with Crippen LogP contribution in [-0.4, -0.2) is 45.0 Å². The maximum absolute atomic E-state index is 13.2. The molecule has 1 heterocycles. The van der Waals surface area contributed by atoms with Gasteiger partial charge in [-0.3, -0.25) is 4.79 Å². The van der Waals surface area contributed by atoms with Crippen molar-refractivity contribution in [3.05, 3.63) is 59.9 Å². The number of hydrogen-bond donors (Lipinski definition) is 0. The van der Waals surface area contributed by atoms with Gasteiger partial charge in [0.15, 0.2) is 0 Å². The zero-order valence-corrected chi connectivity index (χ0v) is 17.7. The Labute approximate surface area is 182 Å². The maximum Gasteiger partial charge on any atom is 0.417 e. The highest BCUT2D eigenvalue weighted by Crippen LogP contribution is 2.36. The Morgan fingerprint density at radius 1 is 1.00 bits per heavy atom. The molecule has 32 heavy (non-hydrogen) atoms. The highest BCUT2D eigenvalue weighted by Gasteiger charge is 2.40. The molecule has 2 aromatic rings. The first-order valence-corrected chi connectivity index (χ1v) is 11.2. The third-order valence-electron chi connectivity index (χ3n) is 5.01. The lowest BCUT2D eigenvalue weighted by atomic mass is 9.98. The Morgan fingerprint density at radius 2 is 1.62 bits per heavy atom. The number of nitrogens with zero attached hydrogens (tertiary/aromatic N) is 1. The highest BCUT2D eigenvalue weighted by atomic mass is 32.2. The fourth-order valence-electron chi connectivity index (χ4n) is 3.35. The molecule has 2 aromatic carbocycles. The monoisotopic (exact) mass is 475 g/mol. The number of sulfonamides is 1. The molecule has 3 rings (SSSR count). The van der Waals surface area contributed by atoms with Gasteiger partial charge in [-0.25, -0.2) is 12.8 Å². The van der Waals surface area contributed by atoms with Gasteiger partial charge in [0.1, 0.15) is 24.8 Å². The van der Waals surface area contributed by atoms with Crippen LogP contribution in [0.25, 0.3) is 0 Å². The Hall–Kier alpha value is -2.66. The number of alkyl halides is 3. The second kappa shape index (κ2) is 9.86. The summed E-state index contributed by atoms with van der Waals surface area (Å²) < 4.78 is 89.4. The number of carbonyl (C=O) groups excluding carboxylic acids is 1. The van der Waals surface area contributed by atoms with Crippen molar-refractivity contribution in [1.29, 1.82) is 0 Å². The van der Waals surface area contributed by atoms with Crippen LogP contribution >= 0.6 is 0 Å². The average Bonchev–Trinajstić information content (AvgIpc) is 2.77. The fraction of sp³-hybridized carbons (Fsp3) is 0.381. The van der Waals surface area contributed by atoms with E-state index in [0.717, 1.165) is 22.5 Å². The molecule has 0 bridgehead atoms. The summed E-state index contributed by atoms with van der Waals surface area (Å²) in [5.41, 5.74) is -1.22. The molecule has 1 aliphatic heterocycles. The number of ether oxygens (including phenoxy) is 2. The summed E-state index contributed by atoms with van der Waals surface area (Å²) in [5.74, 6) is -1.08. The second-order valence-corrected chi connectivity index (χ2v) is 9.05. The number of halogens is 4. The first kappa shape index (κ1) is 24.0. The summed E-state index contributed by atoms with van der Waals surface area (Å²) >= 11 is 0. The molecule has 6 nitrogen and oxygen atoms in total. The maximum atomic E-state index is 13.2. The van der Waals surface area contributed by atoms with Crippen LogP contribution in [0.1, 0.15) is 18.4 Å². The lowest BCUT2D eigenvalue weighted by molar-refractivity contribution is -0.150. The first-order chi connectivity index (χ1) is 15.1. The van der Waals surface area contributed by atoms with Crippen LogP contribution in [0.15, 0.2) is 53.4 Å². The van der Waals surface area contributed by atoms with E-state index in [0.29, 0.717) is 5.75 Å². The van der Waals surface area contributed by atoms with Crippen molar-refractivity contribution in [2.24, 2.45) is 5.92 Å². The van der Waals surface area contributed by atoms with Crippen LogP contribution in [0.3, 0.4) is 0 Å². The van der Waals surface area contributed by atoms with Crippen molar-refractivity contribution >= 4 is 16.0 Å². The van der Waals surface area contributed by atoms with E-state index in [1.54, 1.807) is 0 Å². The number of hydrogen-bond acceptors (Lipinski definition) is 5. The summed E-state index contributed by atoms with van der Waals surface area (Å²) in [5, 5.41) is 0. The predicted molar refractivity (Wildman–Crippen MR) is 106 cm³/mol. The van der Waals surface area contributed by atoms with Gasteiger partial charge in [0, 0.05) is 13.1 Å². The first-order valence-electron chi connectivity index (χ1n) is 9.80. The number of rotatable bonds is 7. The van der Waals surface area contributed by atoms with Gasteiger partial charge in [-0.15, -0.1) is 0 Å². The van der Waals surface area contributed by atoms with E-state index in [2.05, 4.69) is 0 Å². The molecule has 1 fully saturated rings. The van der Waals surface area contributed by atoms with Gasteiger partial charge >= 0.3 is 12.1 Å². The van der Waals surface area contributed by atoms with Gasteiger partial charge in [-0.05, 0) is 49.2 Å². The molecule has 0 atom stereocenters. The summed E-state index contributed by atoms with van der Waals surface area (Å²) in [6.07, 6.45) is -4.54. The van der Waals surface area contributed by atoms with Crippen molar-refractivity contribution in [2.75, 3.05) is 26.3 Å². The van der Waals surface area contributed by atoms with Gasteiger partial charge in [-0.1, -0.05) is 12.1 Å². The van der Waals surface area contributed by atoms with E-state index in [1.165, 1.54) is 30.3 Å². The molecule has 0 spiro atoms. The molecule has 0 aliphatic carbocycles. The minimum Gasteiger partial charge on any atom is -0.490 e. The molecule has 0 amide bonds. The molecule has 11 heteroatoms. The van der Waals surface area contributed by atoms with Gasteiger partial charge in [0.25, 0.3) is 0 Å². The Morgan fingerprint density at radius 3 is 2.25 bits per heavy atom. The van der Waals surface area contributed by atoms with Gasteiger partial charge in [0.2, 0.25) is 10.0 Å². The molecular formula is C21H21F4NO5S. The molecule has 1 saturated heterocycles. The van der Waals surface area contributed by atoms with Crippen molar-refractivity contribution in [3.8, 4) is 5.75 Å². The minimum atomic E-state index is -4.80. The average molecular weight is 475 g/mol. The van der Waals surface area contributed by atoms with Crippen LogP contribution in [0.2, 0.25) is 0 Å². The van der Waals surface area contributed by atoms with E-state index >= 15 is 0 Å². The van der Waals surface area contributed by atoms with Crippen molar-refractivity contribution in [1.82, 2.24) is 4.31 Å². The number of carbonyl (C=O) groups is 1. The van der Waals surface area contributed by atoms with Crippen LogP contribution in [0.4, 0.5) is 17.6 Å². The zero-order valence-electron chi connectivity index (χ0n) is 16.8. The van der Waals surface area contributed by atoms with Crippen molar-refractivity contribution in [2.45, 2.75) is 23.9 Å². The molecule has 0 saturated carbocycles. The Bertz CT molecular complexity index is 1030. The number of piperidine rings is 1. The summed E-state index contributed by atoms with van der Waals surface area (Å²) in [6.45, 7) is -0.187. The third-order valence-corrected chi connectivity index (χ3v) is 6.96. The SMILES string of the molecule is O=C(OCCOc1ccc(F)cc1)C1CCN(S(=O)(=O)c2ccccc2C(F)(F)F)CC1. The second-order valence-electron chi connectivity index (χ2n) is 7.14. The van der Waals surface area contributed by atoms with Gasteiger partial charge in [-0.2, -0.15) is 17.5 Å². The Balaban J connectivity index is 1.51.